The Hall–Kier alpha value is -8.22. The number of esters is 2. The average molecular weight is 851 g/mol. The summed E-state index contributed by atoms with van der Waals surface area (Å²) in [5.74, 6) is 0.333. The summed E-state index contributed by atoms with van der Waals surface area (Å²) in [6.45, 7) is 7.46. The van der Waals surface area contributed by atoms with Crippen molar-refractivity contribution in [2.75, 3.05) is 26.4 Å². The second kappa shape index (κ2) is 19.0. The molecule has 0 amide bonds. The molecule has 0 bridgehead atoms. The van der Waals surface area contributed by atoms with Crippen LogP contribution in [0.15, 0.2) is 219 Å². The Labute approximate surface area is 379 Å². The van der Waals surface area contributed by atoms with Gasteiger partial charge in [0.1, 0.15) is 37.9 Å². The molecule has 0 fully saturated rings. The number of fused-ring (bicyclic) bond motifs is 3. The third-order valence-electron chi connectivity index (χ3n) is 11.8. The van der Waals surface area contributed by atoms with Gasteiger partial charge in [-0.2, -0.15) is 0 Å². The Morgan fingerprint density at radius 3 is 0.985 bits per heavy atom. The molecule has 1 aliphatic carbocycles. The molecule has 6 heteroatoms. The summed E-state index contributed by atoms with van der Waals surface area (Å²) in [6, 6.07) is 67.6. The van der Waals surface area contributed by atoms with Crippen LogP contribution in [-0.4, -0.2) is 38.4 Å². The Morgan fingerprint density at radius 1 is 0.385 bits per heavy atom. The van der Waals surface area contributed by atoms with E-state index in [-0.39, 0.29) is 26.4 Å². The minimum Gasteiger partial charge on any atom is -0.489 e. The molecule has 0 saturated carbocycles. The smallest absolute Gasteiger partial charge is 0.330 e. The first-order valence-corrected chi connectivity index (χ1v) is 21.6. The minimum absolute atomic E-state index is 0.0510. The average Bonchev–Trinajstić information content (AvgIpc) is 3.68. The van der Waals surface area contributed by atoms with Gasteiger partial charge in [-0.1, -0.05) is 183 Å². The van der Waals surface area contributed by atoms with Crippen LogP contribution in [0.5, 0.6) is 11.5 Å². The van der Waals surface area contributed by atoms with Crippen molar-refractivity contribution in [3.05, 3.63) is 242 Å². The first-order chi connectivity index (χ1) is 32.0. The quantitative estimate of drug-likeness (QED) is 0.0548. The molecule has 0 atom stereocenters. The molecule has 9 rings (SSSR count). The number of carbonyl (C=O) groups is 2. The molecule has 0 heterocycles. The number of benzene rings is 8. The van der Waals surface area contributed by atoms with Crippen LogP contribution < -0.4 is 9.47 Å². The summed E-state index contributed by atoms with van der Waals surface area (Å²) in [6.07, 6.45) is 2.31. The highest BCUT2D eigenvalue weighted by molar-refractivity contribution is 5.92. The van der Waals surface area contributed by atoms with Crippen molar-refractivity contribution in [1.29, 1.82) is 0 Å². The molecule has 0 saturated heterocycles. The maximum absolute atomic E-state index is 12.1. The summed E-state index contributed by atoms with van der Waals surface area (Å²) in [5, 5.41) is 0. The zero-order chi connectivity index (χ0) is 44.6. The van der Waals surface area contributed by atoms with E-state index in [0.29, 0.717) is 11.5 Å². The highest BCUT2D eigenvalue weighted by Gasteiger charge is 2.47. The van der Waals surface area contributed by atoms with Crippen LogP contribution in [-0.2, 0) is 24.5 Å². The second-order valence-corrected chi connectivity index (χ2v) is 15.5. The Morgan fingerprint density at radius 2 is 0.677 bits per heavy atom. The largest absolute Gasteiger partial charge is 0.489 e. The lowest BCUT2D eigenvalue weighted by Gasteiger charge is -2.36. The van der Waals surface area contributed by atoms with Crippen LogP contribution in [0.2, 0.25) is 0 Å². The summed E-state index contributed by atoms with van der Waals surface area (Å²) < 4.78 is 24.3. The van der Waals surface area contributed by atoms with Crippen molar-refractivity contribution in [2.24, 2.45) is 0 Å². The molecule has 1 aliphatic rings. The fourth-order valence-electron chi connectivity index (χ4n) is 9.04. The van der Waals surface area contributed by atoms with E-state index >= 15 is 0 Å². The predicted octanol–water partition coefficient (Wildman–Crippen LogP) is 12.9. The molecular formula is C59H46O6. The summed E-state index contributed by atoms with van der Waals surface area (Å²) >= 11 is 0. The third-order valence-corrected chi connectivity index (χ3v) is 11.8. The van der Waals surface area contributed by atoms with Crippen LogP contribution in [0, 0.1) is 0 Å². The number of carbonyl (C=O) groups excluding carboxylic acids is 2. The molecule has 0 N–H and O–H groups in total. The lowest BCUT2D eigenvalue weighted by molar-refractivity contribution is -0.139. The van der Waals surface area contributed by atoms with E-state index in [1.807, 2.05) is 72.8 Å². The molecule has 0 spiro atoms. The van der Waals surface area contributed by atoms with Crippen LogP contribution in [0.1, 0.15) is 22.3 Å². The summed E-state index contributed by atoms with van der Waals surface area (Å²) in [4.78, 5) is 24.2. The molecular weight excluding hydrogens is 805 g/mol. The van der Waals surface area contributed by atoms with Gasteiger partial charge in [-0.15, -0.1) is 0 Å². The van der Waals surface area contributed by atoms with Crippen LogP contribution in [0.3, 0.4) is 0 Å². The lowest BCUT2D eigenvalue weighted by atomic mass is 9.66. The highest BCUT2D eigenvalue weighted by atomic mass is 16.6. The molecule has 318 valence electrons. The van der Waals surface area contributed by atoms with Crippen LogP contribution >= 0.6 is 0 Å². The molecule has 0 aliphatic heterocycles. The standard InChI is InChI=1S/C59H46O6/c1-3-55(60)62-33-35-64-57-49(41-21-9-5-10-22-41)37-45(38-50(57)42-23-11-6-12-24-42)59(53-31-19-17-29-47(53)48-30-18-20-32-54(48)59)46-39-51(43-25-13-7-14-26-43)58(65-36-34-63-56(61)4-2)52(40-46)44-27-15-8-16-28-44/h3-32,37-40H,1-2,33-36H2. The van der Waals surface area contributed by atoms with Gasteiger partial charge in [-0.25, -0.2) is 9.59 Å². The van der Waals surface area contributed by atoms with E-state index in [9.17, 15) is 9.59 Å². The van der Waals surface area contributed by atoms with Gasteiger partial charge in [-0.05, 0) is 79.9 Å². The van der Waals surface area contributed by atoms with Crippen molar-refractivity contribution < 1.29 is 28.5 Å². The first kappa shape index (κ1) is 42.1. The molecule has 8 aromatic carbocycles. The van der Waals surface area contributed by atoms with Gasteiger partial charge < -0.3 is 18.9 Å². The lowest BCUT2D eigenvalue weighted by Crippen LogP contribution is -2.29. The molecule has 0 radical (unpaired) electrons. The molecule has 0 aromatic heterocycles. The van der Waals surface area contributed by atoms with Crippen molar-refractivity contribution >= 4 is 11.9 Å². The minimum atomic E-state index is -0.886. The highest BCUT2D eigenvalue weighted by Crippen LogP contribution is 2.59. The Kier molecular flexibility index (Phi) is 12.3. The van der Waals surface area contributed by atoms with E-state index in [1.54, 1.807) is 0 Å². The van der Waals surface area contributed by atoms with Crippen molar-refractivity contribution in [3.63, 3.8) is 0 Å². The monoisotopic (exact) mass is 850 g/mol. The summed E-state index contributed by atoms with van der Waals surface area (Å²) in [5.41, 5.74) is 13.1. The van der Waals surface area contributed by atoms with Gasteiger partial charge in [-0.3, -0.25) is 0 Å². The van der Waals surface area contributed by atoms with Gasteiger partial charge in [0.25, 0.3) is 0 Å². The van der Waals surface area contributed by atoms with Gasteiger partial charge in [0, 0.05) is 34.4 Å². The van der Waals surface area contributed by atoms with Crippen molar-refractivity contribution in [1.82, 2.24) is 0 Å². The van der Waals surface area contributed by atoms with Gasteiger partial charge in [0.15, 0.2) is 0 Å². The maximum atomic E-state index is 12.1. The first-order valence-electron chi connectivity index (χ1n) is 21.6. The van der Waals surface area contributed by atoms with Gasteiger partial charge in [0.05, 0.1) is 5.41 Å². The fraction of sp³-hybridized carbons (Fsp3) is 0.0847. The Bertz CT molecular complexity index is 2670. The van der Waals surface area contributed by atoms with E-state index < -0.39 is 17.4 Å². The normalized spacial score (nSPS) is 12.0. The molecule has 0 unspecified atom stereocenters. The Balaban J connectivity index is 1.38. The molecule has 8 aromatic rings. The zero-order valence-corrected chi connectivity index (χ0v) is 35.8. The maximum Gasteiger partial charge on any atom is 0.330 e. The fourth-order valence-corrected chi connectivity index (χ4v) is 9.04. The molecule has 6 nitrogen and oxygen atoms in total. The van der Waals surface area contributed by atoms with E-state index in [0.717, 1.165) is 90.0 Å². The van der Waals surface area contributed by atoms with Crippen molar-refractivity contribution in [3.8, 4) is 67.1 Å². The SMILES string of the molecule is C=CC(=O)OCCOc1c(-c2ccccc2)cc(C2(c3cc(-c4ccccc4)c(OCCOC(=O)C=C)c(-c4ccccc4)c3)c3ccccc3-c3ccccc32)cc1-c1ccccc1. The van der Waals surface area contributed by atoms with Gasteiger partial charge in [0.2, 0.25) is 0 Å². The number of hydrogen-bond donors (Lipinski definition) is 0. The summed E-state index contributed by atoms with van der Waals surface area (Å²) in [7, 11) is 0. The van der Waals surface area contributed by atoms with E-state index in [2.05, 4.69) is 134 Å². The van der Waals surface area contributed by atoms with Crippen molar-refractivity contribution in [2.45, 2.75) is 5.41 Å². The predicted molar refractivity (Wildman–Crippen MR) is 259 cm³/mol. The van der Waals surface area contributed by atoms with E-state index in [1.165, 1.54) is 0 Å². The van der Waals surface area contributed by atoms with Gasteiger partial charge >= 0.3 is 11.9 Å². The van der Waals surface area contributed by atoms with Crippen LogP contribution in [0.4, 0.5) is 0 Å². The number of rotatable bonds is 16. The number of ether oxygens (including phenoxy) is 4. The zero-order valence-electron chi connectivity index (χ0n) is 35.8. The topological polar surface area (TPSA) is 71.1 Å². The molecule has 65 heavy (non-hydrogen) atoms. The second-order valence-electron chi connectivity index (χ2n) is 15.5. The van der Waals surface area contributed by atoms with E-state index in [4.69, 9.17) is 18.9 Å². The third kappa shape index (κ3) is 8.26. The van der Waals surface area contributed by atoms with Crippen LogP contribution in [0.25, 0.3) is 55.6 Å². The number of hydrogen-bond acceptors (Lipinski definition) is 6.